The van der Waals surface area contributed by atoms with E-state index in [0.29, 0.717) is 5.57 Å². The number of primary amides is 1. The van der Waals surface area contributed by atoms with E-state index >= 15 is 0 Å². The van der Waals surface area contributed by atoms with Crippen LogP contribution in [0.4, 0.5) is 4.39 Å². The molecule has 0 aromatic heterocycles. The van der Waals surface area contributed by atoms with Crippen molar-refractivity contribution in [2.24, 2.45) is 5.73 Å². The molecule has 0 fully saturated rings. The molecule has 2 rings (SSSR count). The number of benzene rings is 2. The van der Waals surface area contributed by atoms with Gasteiger partial charge < -0.3 is 27.0 Å². The molecular weight excluding hydrogens is 507 g/mol. The molecule has 5 amide bonds. The Labute approximate surface area is 224 Å². The van der Waals surface area contributed by atoms with Crippen molar-refractivity contribution in [3.05, 3.63) is 82.3 Å². The van der Waals surface area contributed by atoms with Gasteiger partial charge in [0.25, 0.3) is 11.8 Å². The largest absolute Gasteiger partial charge is 0.368 e. The zero-order chi connectivity index (χ0) is 28.9. The number of nitrogens with two attached hydrogens (primary N) is 1. The minimum atomic E-state index is -0.989. The molecule has 0 aliphatic carbocycles. The Morgan fingerprint density at radius 3 is 2.33 bits per heavy atom. The SMILES string of the molecule is CC(C)=C(NC(=O)c1ccc(F)c(C#N)c1)C(=O)NCCC(=O)N[C@@H](Cc1ccccc1)C(=O)NCC(N)=O. The summed E-state index contributed by atoms with van der Waals surface area (Å²) in [5.41, 5.74) is 5.91. The molecule has 0 saturated heterocycles. The predicted octanol–water partition coefficient (Wildman–Crippen LogP) is 0.556. The summed E-state index contributed by atoms with van der Waals surface area (Å²) >= 11 is 0. The van der Waals surface area contributed by atoms with Crippen molar-refractivity contribution in [2.75, 3.05) is 13.1 Å². The van der Waals surface area contributed by atoms with Crippen molar-refractivity contribution in [2.45, 2.75) is 32.7 Å². The fourth-order valence-corrected chi connectivity index (χ4v) is 3.35. The van der Waals surface area contributed by atoms with Gasteiger partial charge in [-0.05, 0) is 43.2 Å². The highest BCUT2D eigenvalue weighted by Crippen LogP contribution is 2.11. The zero-order valence-corrected chi connectivity index (χ0v) is 21.5. The van der Waals surface area contributed by atoms with Crippen molar-refractivity contribution in [1.82, 2.24) is 21.3 Å². The van der Waals surface area contributed by atoms with Crippen molar-refractivity contribution in [3.63, 3.8) is 0 Å². The van der Waals surface area contributed by atoms with Crippen LogP contribution in [0.5, 0.6) is 0 Å². The van der Waals surface area contributed by atoms with E-state index in [0.717, 1.165) is 17.7 Å². The first kappa shape index (κ1) is 30.2. The summed E-state index contributed by atoms with van der Waals surface area (Å²) in [6.07, 6.45) is -0.0258. The van der Waals surface area contributed by atoms with Crippen molar-refractivity contribution >= 4 is 29.5 Å². The second-order valence-electron chi connectivity index (χ2n) is 8.64. The summed E-state index contributed by atoms with van der Waals surface area (Å²) in [6.45, 7) is 2.68. The molecule has 0 aliphatic heterocycles. The van der Waals surface area contributed by atoms with E-state index in [4.69, 9.17) is 11.0 Å². The molecule has 0 heterocycles. The van der Waals surface area contributed by atoms with Gasteiger partial charge in [0, 0.05) is 24.9 Å². The smallest absolute Gasteiger partial charge is 0.267 e. The number of allylic oxidation sites excluding steroid dienone is 1. The van der Waals surface area contributed by atoms with E-state index in [9.17, 15) is 28.4 Å². The fraction of sp³-hybridized carbons (Fsp3) is 0.259. The first-order chi connectivity index (χ1) is 18.5. The quantitative estimate of drug-likeness (QED) is 0.247. The maximum atomic E-state index is 13.6. The first-order valence-electron chi connectivity index (χ1n) is 11.9. The molecule has 0 saturated carbocycles. The van der Waals surface area contributed by atoms with Crippen LogP contribution in [0.15, 0.2) is 59.8 Å². The third-order valence-electron chi connectivity index (χ3n) is 5.32. The lowest BCUT2D eigenvalue weighted by atomic mass is 10.0. The molecular formula is C27H29FN6O5. The molecule has 0 unspecified atom stereocenters. The molecule has 2 aromatic carbocycles. The number of nitriles is 1. The lowest BCUT2D eigenvalue weighted by Gasteiger charge is -2.18. The van der Waals surface area contributed by atoms with Crippen LogP contribution in [0.3, 0.4) is 0 Å². The van der Waals surface area contributed by atoms with Gasteiger partial charge in [-0.3, -0.25) is 24.0 Å². The maximum absolute atomic E-state index is 13.6. The van der Waals surface area contributed by atoms with Gasteiger partial charge in [0.15, 0.2) is 0 Å². The number of nitrogens with one attached hydrogen (secondary N) is 4. The van der Waals surface area contributed by atoms with Gasteiger partial charge in [-0.1, -0.05) is 30.3 Å². The average molecular weight is 537 g/mol. The summed E-state index contributed by atoms with van der Waals surface area (Å²) in [7, 11) is 0. The van der Waals surface area contributed by atoms with Gasteiger partial charge in [0.2, 0.25) is 17.7 Å². The van der Waals surface area contributed by atoms with Gasteiger partial charge in [0.05, 0.1) is 12.1 Å². The Balaban J connectivity index is 1.97. The molecule has 11 nitrogen and oxygen atoms in total. The number of nitrogens with zero attached hydrogens (tertiary/aromatic N) is 1. The topological polar surface area (TPSA) is 183 Å². The van der Waals surface area contributed by atoms with Crippen LogP contribution in [-0.4, -0.2) is 48.7 Å². The van der Waals surface area contributed by atoms with E-state index in [2.05, 4.69) is 21.3 Å². The molecule has 39 heavy (non-hydrogen) atoms. The predicted molar refractivity (Wildman–Crippen MR) is 139 cm³/mol. The molecule has 6 N–H and O–H groups in total. The van der Waals surface area contributed by atoms with Gasteiger partial charge in [-0.15, -0.1) is 0 Å². The summed E-state index contributed by atoms with van der Waals surface area (Å²) < 4.78 is 13.6. The van der Waals surface area contributed by atoms with E-state index in [1.807, 2.05) is 0 Å². The minimum Gasteiger partial charge on any atom is -0.368 e. The zero-order valence-electron chi connectivity index (χ0n) is 21.5. The molecule has 1 atom stereocenters. The highest BCUT2D eigenvalue weighted by molar-refractivity contribution is 6.03. The Morgan fingerprint density at radius 1 is 1.03 bits per heavy atom. The molecule has 0 radical (unpaired) electrons. The van der Waals surface area contributed by atoms with Gasteiger partial charge in [0.1, 0.15) is 23.6 Å². The van der Waals surface area contributed by atoms with E-state index < -0.39 is 41.4 Å². The molecule has 0 aliphatic rings. The molecule has 2 aromatic rings. The average Bonchev–Trinajstić information content (AvgIpc) is 2.90. The summed E-state index contributed by atoms with van der Waals surface area (Å²) in [4.78, 5) is 61.4. The molecule has 204 valence electrons. The van der Waals surface area contributed by atoms with Crippen LogP contribution in [0.25, 0.3) is 0 Å². The van der Waals surface area contributed by atoms with Crippen molar-refractivity contribution in [3.8, 4) is 6.07 Å². The summed E-state index contributed by atoms with van der Waals surface area (Å²) in [6, 6.07) is 12.8. The Hall–Kier alpha value is -5.05. The second-order valence-corrected chi connectivity index (χ2v) is 8.64. The van der Waals surface area contributed by atoms with Crippen LogP contribution in [0.1, 0.15) is 41.8 Å². The van der Waals surface area contributed by atoms with Crippen molar-refractivity contribution < 1.29 is 28.4 Å². The maximum Gasteiger partial charge on any atom is 0.267 e. The monoisotopic (exact) mass is 536 g/mol. The highest BCUT2D eigenvalue weighted by atomic mass is 19.1. The van der Waals surface area contributed by atoms with E-state index in [-0.39, 0.29) is 42.8 Å². The number of rotatable bonds is 12. The normalized spacial score (nSPS) is 10.8. The van der Waals surface area contributed by atoms with Crippen LogP contribution < -0.4 is 27.0 Å². The second kappa shape index (κ2) is 14.6. The summed E-state index contributed by atoms with van der Waals surface area (Å²) in [5.74, 6) is -4.03. The highest BCUT2D eigenvalue weighted by Gasteiger charge is 2.22. The molecule has 0 spiro atoms. The summed E-state index contributed by atoms with van der Waals surface area (Å²) in [5, 5.41) is 18.9. The molecule has 12 heteroatoms. The van der Waals surface area contributed by atoms with Gasteiger partial charge in [-0.2, -0.15) is 5.26 Å². The standard InChI is InChI=1S/C27H29FN6O5/c1-16(2)24(34-25(37)18-8-9-20(28)19(13-18)14-29)27(39)31-11-10-23(36)33-21(26(38)32-15-22(30)35)12-17-6-4-3-5-7-17/h3-9,13,21H,10-12,15H2,1-2H3,(H2,30,35)(H,31,39)(H,32,38)(H,33,36)(H,34,37)/t21-/m0/s1. The van der Waals surface area contributed by atoms with Crippen LogP contribution in [-0.2, 0) is 25.6 Å². The third-order valence-corrected chi connectivity index (χ3v) is 5.32. The minimum absolute atomic E-state index is 0.0158. The molecule has 0 bridgehead atoms. The Kier molecular flexibility index (Phi) is 11.3. The van der Waals surface area contributed by atoms with Gasteiger partial charge >= 0.3 is 0 Å². The lowest BCUT2D eigenvalue weighted by Crippen LogP contribution is -2.50. The number of hydrogen-bond donors (Lipinski definition) is 5. The van der Waals surface area contributed by atoms with Crippen molar-refractivity contribution in [1.29, 1.82) is 5.26 Å². The van der Waals surface area contributed by atoms with E-state index in [1.165, 1.54) is 6.07 Å². The number of hydrogen-bond acceptors (Lipinski definition) is 6. The van der Waals surface area contributed by atoms with E-state index in [1.54, 1.807) is 50.2 Å². The van der Waals surface area contributed by atoms with Crippen LogP contribution in [0, 0.1) is 17.1 Å². The fourth-order valence-electron chi connectivity index (χ4n) is 3.35. The third kappa shape index (κ3) is 9.73. The van der Waals surface area contributed by atoms with Gasteiger partial charge in [-0.25, -0.2) is 4.39 Å². The Morgan fingerprint density at radius 2 is 1.72 bits per heavy atom. The number of carbonyl (C=O) groups excluding carboxylic acids is 5. The van der Waals surface area contributed by atoms with Crippen LogP contribution in [0.2, 0.25) is 0 Å². The first-order valence-corrected chi connectivity index (χ1v) is 11.9. The Bertz CT molecular complexity index is 1320. The van der Waals surface area contributed by atoms with Crippen LogP contribution >= 0.6 is 0 Å². The lowest BCUT2D eigenvalue weighted by molar-refractivity contribution is -0.130. The number of halogens is 1. The number of carbonyl (C=O) groups is 5. The number of amides is 5.